The van der Waals surface area contributed by atoms with E-state index in [0.717, 1.165) is 11.1 Å². The van der Waals surface area contributed by atoms with Crippen molar-refractivity contribution in [2.75, 3.05) is 6.61 Å². The number of nitriles is 1. The molecule has 0 spiro atoms. The molecule has 0 bridgehead atoms. The van der Waals surface area contributed by atoms with Gasteiger partial charge in [-0.2, -0.15) is 5.26 Å². The SMILES string of the molecule is Cc1ccc(-c2cc(-c3ccco3)c(C#N)c(=S)n2[C@H]2O[C@@H](CO)[C@@H](O)[C@@H](O)[C@@H]2O)cc1. The summed E-state index contributed by atoms with van der Waals surface area (Å²) in [6.45, 7) is 1.37. The lowest BCUT2D eigenvalue weighted by Crippen LogP contribution is -2.56. The largest absolute Gasteiger partial charge is 0.464 e. The van der Waals surface area contributed by atoms with Crippen LogP contribution in [0, 0.1) is 22.9 Å². The Hall–Kier alpha value is -2.84. The molecule has 8 nitrogen and oxygen atoms in total. The zero-order valence-electron chi connectivity index (χ0n) is 17.1. The summed E-state index contributed by atoms with van der Waals surface area (Å²) < 4.78 is 12.8. The molecule has 9 heteroatoms. The van der Waals surface area contributed by atoms with Crippen LogP contribution < -0.4 is 0 Å². The molecule has 1 fully saturated rings. The Morgan fingerprint density at radius 2 is 1.81 bits per heavy atom. The predicted molar refractivity (Wildman–Crippen MR) is 117 cm³/mol. The minimum absolute atomic E-state index is 0.0568. The number of aryl methyl sites for hydroxylation is 1. The van der Waals surface area contributed by atoms with E-state index in [2.05, 4.69) is 6.07 Å². The van der Waals surface area contributed by atoms with Crippen molar-refractivity contribution in [3.05, 3.63) is 64.5 Å². The Morgan fingerprint density at radius 3 is 2.41 bits per heavy atom. The van der Waals surface area contributed by atoms with Crippen LogP contribution in [0.3, 0.4) is 0 Å². The third kappa shape index (κ3) is 3.78. The molecule has 1 aromatic carbocycles. The molecule has 5 atom stereocenters. The standard InChI is InChI=1S/C23H22N2O6S/c1-12-4-6-13(7-5-12)16-9-14(17-3-2-8-30-17)15(10-24)23(32)25(16)22-21(29)20(28)19(27)18(11-26)31-22/h2-9,18-22,26-29H,11H2,1H3/t18-,19+,20+,21-,22-/m0/s1. The van der Waals surface area contributed by atoms with Crippen LogP contribution in [0.5, 0.6) is 0 Å². The van der Waals surface area contributed by atoms with Crippen molar-refractivity contribution in [2.24, 2.45) is 0 Å². The normalized spacial score (nSPS) is 25.4. The average Bonchev–Trinajstić information content (AvgIpc) is 3.33. The average molecular weight is 455 g/mol. The van der Waals surface area contributed by atoms with Crippen molar-refractivity contribution in [1.29, 1.82) is 5.26 Å². The summed E-state index contributed by atoms with van der Waals surface area (Å²) in [6.07, 6.45) is -5.56. The van der Waals surface area contributed by atoms with Gasteiger partial charge in [0.15, 0.2) is 6.23 Å². The molecule has 0 unspecified atom stereocenters. The van der Waals surface area contributed by atoms with Crippen molar-refractivity contribution in [3.63, 3.8) is 0 Å². The van der Waals surface area contributed by atoms with Gasteiger partial charge in [0.2, 0.25) is 0 Å². The van der Waals surface area contributed by atoms with Crippen LogP contribution in [0.2, 0.25) is 0 Å². The minimum atomic E-state index is -1.59. The zero-order valence-corrected chi connectivity index (χ0v) is 17.9. The molecule has 0 radical (unpaired) electrons. The summed E-state index contributed by atoms with van der Waals surface area (Å²) >= 11 is 5.64. The van der Waals surface area contributed by atoms with E-state index >= 15 is 0 Å². The highest BCUT2D eigenvalue weighted by atomic mass is 32.1. The van der Waals surface area contributed by atoms with Gasteiger partial charge in [-0.25, -0.2) is 0 Å². The number of aromatic nitrogens is 1. The minimum Gasteiger partial charge on any atom is -0.464 e. The van der Waals surface area contributed by atoms with Gasteiger partial charge in [-0.15, -0.1) is 0 Å². The van der Waals surface area contributed by atoms with E-state index in [1.807, 2.05) is 31.2 Å². The first-order valence-electron chi connectivity index (χ1n) is 9.98. The Morgan fingerprint density at radius 1 is 1.09 bits per heavy atom. The molecule has 32 heavy (non-hydrogen) atoms. The fraction of sp³-hybridized carbons (Fsp3) is 0.304. The molecule has 1 aliphatic rings. The van der Waals surface area contributed by atoms with Gasteiger partial charge in [0.1, 0.15) is 40.9 Å². The summed E-state index contributed by atoms with van der Waals surface area (Å²) in [4.78, 5) is 0. The van der Waals surface area contributed by atoms with E-state index in [0.29, 0.717) is 17.0 Å². The van der Waals surface area contributed by atoms with Gasteiger partial charge in [0.05, 0.1) is 24.1 Å². The summed E-state index contributed by atoms with van der Waals surface area (Å²) in [5.74, 6) is 0.446. The van der Waals surface area contributed by atoms with Crippen molar-refractivity contribution in [1.82, 2.24) is 4.57 Å². The van der Waals surface area contributed by atoms with E-state index in [1.165, 1.54) is 10.8 Å². The van der Waals surface area contributed by atoms with Crippen LogP contribution >= 0.6 is 12.2 Å². The highest BCUT2D eigenvalue weighted by Crippen LogP contribution is 2.37. The highest BCUT2D eigenvalue weighted by Gasteiger charge is 2.45. The van der Waals surface area contributed by atoms with E-state index < -0.39 is 37.3 Å². The van der Waals surface area contributed by atoms with Gasteiger partial charge < -0.3 is 34.1 Å². The highest BCUT2D eigenvalue weighted by molar-refractivity contribution is 7.71. The van der Waals surface area contributed by atoms with Gasteiger partial charge in [-0.1, -0.05) is 42.0 Å². The number of hydrogen-bond acceptors (Lipinski definition) is 8. The van der Waals surface area contributed by atoms with Gasteiger partial charge in [-0.05, 0) is 30.7 Å². The molecular weight excluding hydrogens is 432 g/mol. The molecule has 1 saturated heterocycles. The molecule has 0 amide bonds. The van der Waals surface area contributed by atoms with Crippen LogP contribution in [0.1, 0.15) is 17.4 Å². The Bertz CT molecular complexity index is 1200. The molecule has 3 heterocycles. The van der Waals surface area contributed by atoms with E-state index in [1.54, 1.807) is 18.2 Å². The fourth-order valence-electron chi connectivity index (χ4n) is 3.85. The van der Waals surface area contributed by atoms with Crippen LogP contribution in [-0.2, 0) is 4.74 Å². The second-order valence-electron chi connectivity index (χ2n) is 7.67. The first-order valence-corrected chi connectivity index (χ1v) is 10.4. The summed E-state index contributed by atoms with van der Waals surface area (Å²) in [5, 5.41) is 50.7. The number of furan rings is 1. The van der Waals surface area contributed by atoms with Crippen molar-refractivity contribution in [3.8, 4) is 28.7 Å². The quantitative estimate of drug-likeness (QED) is 0.442. The molecule has 4 N–H and O–H groups in total. The van der Waals surface area contributed by atoms with Gasteiger partial charge in [0.25, 0.3) is 0 Å². The predicted octanol–water partition coefficient (Wildman–Crippen LogP) is 2.30. The lowest BCUT2D eigenvalue weighted by atomic mass is 9.96. The van der Waals surface area contributed by atoms with Gasteiger partial charge >= 0.3 is 0 Å². The smallest absolute Gasteiger partial charge is 0.164 e. The number of nitrogens with zero attached hydrogens (tertiary/aromatic N) is 2. The summed E-state index contributed by atoms with van der Waals surface area (Å²) in [7, 11) is 0. The summed E-state index contributed by atoms with van der Waals surface area (Å²) in [5.41, 5.74) is 2.86. The maximum atomic E-state index is 10.7. The lowest BCUT2D eigenvalue weighted by Gasteiger charge is -2.41. The molecular formula is C23H22N2O6S. The Kier molecular flexibility index (Phi) is 6.26. The van der Waals surface area contributed by atoms with Crippen LogP contribution in [0.4, 0.5) is 0 Å². The zero-order chi connectivity index (χ0) is 23.0. The molecule has 2 aromatic heterocycles. The molecule has 1 aliphatic heterocycles. The molecule has 3 aromatic rings. The van der Waals surface area contributed by atoms with Gasteiger partial charge in [-0.3, -0.25) is 0 Å². The first-order chi connectivity index (χ1) is 15.4. The molecule has 4 rings (SSSR count). The number of benzene rings is 1. The van der Waals surface area contributed by atoms with Crippen LogP contribution in [0.25, 0.3) is 22.6 Å². The number of ether oxygens (including phenoxy) is 1. The van der Waals surface area contributed by atoms with Gasteiger partial charge in [0, 0.05) is 5.56 Å². The number of rotatable bonds is 4. The first kappa shape index (κ1) is 22.4. The number of aliphatic hydroxyl groups excluding tert-OH is 4. The third-order valence-electron chi connectivity index (χ3n) is 5.61. The second kappa shape index (κ2) is 8.96. The van der Waals surface area contributed by atoms with E-state index in [4.69, 9.17) is 21.4 Å². The van der Waals surface area contributed by atoms with Crippen LogP contribution in [-0.4, -0.2) is 56.0 Å². The summed E-state index contributed by atoms with van der Waals surface area (Å²) in [6, 6.07) is 14.7. The number of hydrogen-bond donors (Lipinski definition) is 4. The second-order valence-corrected chi connectivity index (χ2v) is 8.05. The Labute approximate surface area is 189 Å². The molecule has 0 saturated carbocycles. The van der Waals surface area contributed by atoms with E-state index in [-0.39, 0.29) is 10.2 Å². The fourth-order valence-corrected chi connectivity index (χ4v) is 4.21. The maximum Gasteiger partial charge on any atom is 0.164 e. The van der Waals surface area contributed by atoms with Crippen molar-refractivity contribution in [2.45, 2.75) is 37.6 Å². The lowest BCUT2D eigenvalue weighted by molar-refractivity contribution is -0.251. The monoisotopic (exact) mass is 454 g/mol. The molecule has 166 valence electrons. The molecule has 0 aliphatic carbocycles. The number of pyridine rings is 1. The maximum absolute atomic E-state index is 10.7. The third-order valence-corrected chi connectivity index (χ3v) is 6.01. The van der Waals surface area contributed by atoms with E-state index in [9.17, 15) is 25.7 Å². The number of aliphatic hydroxyl groups is 4. The topological polar surface area (TPSA) is 132 Å². The van der Waals surface area contributed by atoms with Crippen LogP contribution in [0.15, 0.2) is 53.1 Å². The Balaban J connectivity index is 2.00. The van der Waals surface area contributed by atoms with Crippen molar-refractivity contribution < 1.29 is 29.6 Å². The van der Waals surface area contributed by atoms with Crippen molar-refractivity contribution >= 4 is 12.2 Å².